The fourth-order valence-electron chi connectivity index (χ4n) is 1.57. The number of sulfonamides is 1. The van der Waals surface area contributed by atoms with E-state index in [1.807, 2.05) is 0 Å². The second kappa shape index (κ2) is 6.19. The number of nitrogens with one attached hydrogen (secondary N) is 1. The number of rotatable bonds is 3. The molecule has 0 aliphatic carbocycles. The number of hydrogen-bond donors (Lipinski definition) is 2. The Labute approximate surface area is 117 Å². The van der Waals surface area contributed by atoms with Crippen LogP contribution in [-0.2, 0) is 10.0 Å². The van der Waals surface area contributed by atoms with Crippen LogP contribution in [0, 0.1) is 11.8 Å². The molecule has 0 unspecified atom stereocenters. The van der Waals surface area contributed by atoms with Crippen molar-refractivity contribution in [2.75, 3.05) is 11.3 Å². The van der Waals surface area contributed by atoms with E-state index >= 15 is 0 Å². The van der Waals surface area contributed by atoms with Gasteiger partial charge in [-0.1, -0.05) is 24.0 Å². The molecule has 102 valence electrons. The maximum Gasteiger partial charge on any atom is 0.263 e. The van der Waals surface area contributed by atoms with Crippen molar-refractivity contribution in [2.45, 2.75) is 4.90 Å². The first kappa shape index (κ1) is 14.1. The Kier molecular flexibility index (Phi) is 4.35. The van der Waals surface area contributed by atoms with Crippen molar-refractivity contribution in [3.05, 3.63) is 54.4 Å². The standard InChI is InChI=1S/C14H12N2O3S/c17-11-3-5-12-4-1-2-6-14(12)20(18,19)16-13-7-9-15-10-8-13/h1-2,4,6-10,17H,11H2,(H,15,16). The fraction of sp³-hybridized carbons (Fsp3) is 0.0714. The smallest absolute Gasteiger partial charge is 0.263 e. The number of pyridine rings is 1. The van der Waals surface area contributed by atoms with E-state index in [4.69, 9.17) is 5.11 Å². The number of anilines is 1. The summed E-state index contributed by atoms with van der Waals surface area (Å²) < 4.78 is 27.1. The minimum Gasteiger partial charge on any atom is -0.384 e. The van der Waals surface area contributed by atoms with E-state index in [-0.39, 0.29) is 11.5 Å². The summed E-state index contributed by atoms with van der Waals surface area (Å²) in [5.41, 5.74) is 0.757. The lowest BCUT2D eigenvalue weighted by Gasteiger charge is -2.09. The lowest BCUT2D eigenvalue weighted by molar-refractivity contribution is 0.350. The summed E-state index contributed by atoms with van der Waals surface area (Å²) in [4.78, 5) is 3.89. The van der Waals surface area contributed by atoms with E-state index in [1.165, 1.54) is 18.5 Å². The van der Waals surface area contributed by atoms with Crippen molar-refractivity contribution < 1.29 is 13.5 Å². The van der Waals surface area contributed by atoms with Crippen LogP contribution >= 0.6 is 0 Å². The fourth-order valence-corrected chi connectivity index (χ4v) is 2.79. The van der Waals surface area contributed by atoms with Crippen LogP contribution in [0.1, 0.15) is 5.56 Å². The number of aliphatic hydroxyl groups excluding tert-OH is 1. The molecule has 6 heteroatoms. The monoisotopic (exact) mass is 288 g/mol. The minimum atomic E-state index is -3.74. The quantitative estimate of drug-likeness (QED) is 0.832. The SMILES string of the molecule is O=S(=O)(Nc1ccncc1)c1ccccc1C#CCO. The summed E-state index contributed by atoms with van der Waals surface area (Å²) in [5, 5.41) is 8.71. The predicted molar refractivity (Wildman–Crippen MR) is 75.5 cm³/mol. The number of benzene rings is 1. The first-order valence-corrected chi connectivity index (χ1v) is 7.23. The molecule has 2 N–H and O–H groups in total. The first-order chi connectivity index (χ1) is 9.63. The second-order valence-corrected chi connectivity index (χ2v) is 5.45. The van der Waals surface area contributed by atoms with E-state index in [9.17, 15) is 8.42 Å². The number of aromatic nitrogens is 1. The highest BCUT2D eigenvalue weighted by molar-refractivity contribution is 7.92. The topological polar surface area (TPSA) is 79.3 Å². The zero-order valence-electron chi connectivity index (χ0n) is 10.4. The first-order valence-electron chi connectivity index (χ1n) is 5.75. The third-order valence-corrected chi connectivity index (χ3v) is 3.85. The lowest BCUT2D eigenvalue weighted by atomic mass is 10.2. The molecule has 2 rings (SSSR count). The maximum absolute atomic E-state index is 12.3. The average molecular weight is 288 g/mol. The summed E-state index contributed by atoms with van der Waals surface area (Å²) in [5.74, 6) is 5.07. The molecule has 1 aromatic heterocycles. The van der Waals surface area contributed by atoms with Crippen LogP contribution in [0.3, 0.4) is 0 Å². The average Bonchev–Trinajstić information content (AvgIpc) is 2.46. The molecule has 20 heavy (non-hydrogen) atoms. The predicted octanol–water partition coefficient (Wildman–Crippen LogP) is 1.23. The van der Waals surface area contributed by atoms with Crippen molar-refractivity contribution in [1.29, 1.82) is 0 Å². The molecule has 1 heterocycles. The van der Waals surface area contributed by atoms with Crippen molar-refractivity contribution in [2.24, 2.45) is 0 Å². The Morgan fingerprint density at radius 2 is 1.85 bits per heavy atom. The van der Waals surface area contributed by atoms with Gasteiger partial charge < -0.3 is 5.11 Å². The largest absolute Gasteiger partial charge is 0.384 e. The van der Waals surface area contributed by atoms with Crippen molar-refractivity contribution >= 4 is 15.7 Å². The van der Waals surface area contributed by atoms with Gasteiger partial charge in [-0.3, -0.25) is 9.71 Å². The number of aliphatic hydroxyl groups is 1. The third-order valence-electron chi connectivity index (χ3n) is 2.41. The molecule has 0 fully saturated rings. The Morgan fingerprint density at radius 3 is 2.55 bits per heavy atom. The molecule has 0 saturated heterocycles. The van der Waals surface area contributed by atoms with Crippen LogP contribution in [-0.4, -0.2) is 25.1 Å². The van der Waals surface area contributed by atoms with Crippen LogP contribution in [0.25, 0.3) is 0 Å². The van der Waals surface area contributed by atoms with Crippen LogP contribution in [0.4, 0.5) is 5.69 Å². The van der Waals surface area contributed by atoms with Crippen molar-refractivity contribution in [3.63, 3.8) is 0 Å². The Bertz CT molecular complexity index is 747. The van der Waals surface area contributed by atoms with E-state index in [2.05, 4.69) is 21.5 Å². The van der Waals surface area contributed by atoms with E-state index in [1.54, 1.807) is 30.3 Å². The summed E-state index contributed by atoms with van der Waals surface area (Å²) in [6, 6.07) is 9.46. The van der Waals surface area contributed by atoms with E-state index in [0.717, 1.165) is 0 Å². The van der Waals surface area contributed by atoms with Gasteiger partial charge in [0.15, 0.2) is 0 Å². The van der Waals surface area contributed by atoms with Crippen molar-refractivity contribution in [3.8, 4) is 11.8 Å². The van der Waals surface area contributed by atoms with Gasteiger partial charge in [-0.05, 0) is 24.3 Å². The highest BCUT2D eigenvalue weighted by Gasteiger charge is 2.17. The summed E-state index contributed by atoms with van der Waals surface area (Å²) in [6.07, 6.45) is 2.99. The highest BCUT2D eigenvalue weighted by atomic mass is 32.2. The van der Waals surface area contributed by atoms with Gasteiger partial charge in [-0.25, -0.2) is 8.42 Å². The van der Waals surface area contributed by atoms with Crippen LogP contribution < -0.4 is 4.72 Å². The van der Waals surface area contributed by atoms with Gasteiger partial charge >= 0.3 is 0 Å². The minimum absolute atomic E-state index is 0.0674. The molecular weight excluding hydrogens is 276 g/mol. The Hall–Kier alpha value is -2.36. The molecule has 0 amide bonds. The number of nitrogens with zero attached hydrogens (tertiary/aromatic N) is 1. The molecule has 0 radical (unpaired) electrons. The van der Waals surface area contributed by atoms with Crippen molar-refractivity contribution in [1.82, 2.24) is 4.98 Å². The summed E-state index contributed by atoms with van der Waals surface area (Å²) in [6.45, 7) is -0.327. The van der Waals surface area contributed by atoms with E-state index in [0.29, 0.717) is 11.3 Å². The molecule has 0 spiro atoms. The summed E-state index contributed by atoms with van der Waals surface area (Å²) in [7, 11) is -3.74. The molecule has 1 aromatic carbocycles. The van der Waals surface area contributed by atoms with E-state index < -0.39 is 10.0 Å². The summed E-state index contributed by atoms with van der Waals surface area (Å²) >= 11 is 0. The van der Waals surface area contributed by atoms with Gasteiger partial charge in [0.2, 0.25) is 0 Å². The molecule has 0 aliphatic heterocycles. The molecule has 0 bridgehead atoms. The zero-order chi connectivity index (χ0) is 14.4. The molecule has 0 aliphatic rings. The molecular formula is C14H12N2O3S. The highest BCUT2D eigenvalue weighted by Crippen LogP contribution is 2.18. The Morgan fingerprint density at radius 1 is 1.15 bits per heavy atom. The van der Waals surface area contributed by atoms with Gasteiger partial charge in [0.1, 0.15) is 11.5 Å². The van der Waals surface area contributed by atoms with Crippen LogP contribution in [0.15, 0.2) is 53.7 Å². The second-order valence-electron chi connectivity index (χ2n) is 3.80. The molecule has 0 saturated carbocycles. The maximum atomic E-state index is 12.3. The molecule has 0 atom stereocenters. The molecule has 5 nitrogen and oxygen atoms in total. The zero-order valence-corrected chi connectivity index (χ0v) is 11.3. The van der Waals surface area contributed by atoms with Gasteiger partial charge in [0, 0.05) is 18.0 Å². The van der Waals surface area contributed by atoms with Gasteiger partial charge in [-0.15, -0.1) is 0 Å². The van der Waals surface area contributed by atoms with Gasteiger partial charge in [0.05, 0.1) is 5.69 Å². The molecule has 2 aromatic rings. The normalized spacial score (nSPS) is 10.4. The van der Waals surface area contributed by atoms with Crippen LogP contribution in [0.2, 0.25) is 0 Å². The van der Waals surface area contributed by atoms with Gasteiger partial charge in [0.25, 0.3) is 10.0 Å². The lowest BCUT2D eigenvalue weighted by Crippen LogP contribution is -2.14. The Balaban J connectivity index is 2.40. The van der Waals surface area contributed by atoms with Gasteiger partial charge in [-0.2, -0.15) is 0 Å². The third kappa shape index (κ3) is 3.35. The number of hydrogen-bond acceptors (Lipinski definition) is 4. The van der Waals surface area contributed by atoms with Crippen LogP contribution in [0.5, 0.6) is 0 Å².